The van der Waals surface area contributed by atoms with Crippen molar-refractivity contribution in [2.24, 2.45) is 0 Å². The zero-order valence-electron chi connectivity index (χ0n) is 5.98. The molecule has 0 saturated carbocycles. The molecule has 0 N–H and O–H groups in total. The molecule has 0 aliphatic rings. The van der Waals surface area contributed by atoms with Crippen molar-refractivity contribution in [3.8, 4) is 0 Å². The minimum absolute atomic E-state index is 0.260. The first-order valence-electron chi connectivity index (χ1n) is 3.12. The first kappa shape index (κ1) is 8.67. The molecule has 0 amide bonds. The molecule has 0 saturated heterocycles. The van der Waals surface area contributed by atoms with Crippen LogP contribution in [0.15, 0.2) is 24.5 Å². The smallest absolute Gasteiger partial charge is 0.235 e. The van der Waals surface area contributed by atoms with Gasteiger partial charge in [-0.2, -0.15) is 0 Å². The van der Waals surface area contributed by atoms with Gasteiger partial charge in [-0.25, -0.2) is 4.98 Å². The van der Waals surface area contributed by atoms with Gasteiger partial charge in [0.05, 0.1) is 4.92 Å². The summed E-state index contributed by atoms with van der Waals surface area (Å²) in [6, 6.07) is 3.31. The van der Waals surface area contributed by atoms with Crippen molar-refractivity contribution in [1.82, 2.24) is 4.98 Å². The highest BCUT2D eigenvalue weighted by atomic mass is 35.5. The molecule has 1 aromatic heterocycles. The van der Waals surface area contributed by atoms with E-state index in [0.29, 0.717) is 5.56 Å². The Kier molecular flexibility index (Phi) is 2.76. The maximum absolute atomic E-state index is 9.94. The Morgan fingerprint density at radius 1 is 1.67 bits per heavy atom. The van der Waals surface area contributed by atoms with Crippen molar-refractivity contribution in [1.29, 1.82) is 0 Å². The maximum atomic E-state index is 9.94. The Labute approximate surface area is 73.6 Å². The van der Waals surface area contributed by atoms with Crippen LogP contribution < -0.4 is 0 Å². The van der Waals surface area contributed by atoms with Crippen LogP contribution >= 0.6 is 11.6 Å². The van der Waals surface area contributed by atoms with E-state index in [0.717, 1.165) is 6.20 Å². The number of pyridine rings is 1. The van der Waals surface area contributed by atoms with Gasteiger partial charge in [0.1, 0.15) is 5.15 Å². The molecule has 0 fully saturated rings. The van der Waals surface area contributed by atoms with Crippen LogP contribution in [0, 0.1) is 10.1 Å². The molecule has 1 rings (SSSR count). The highest BCUT2D eigenvalue weighted by molar-refractivity contribution is 6.30. The predicted molar refractivity (Wildman–Crippen MR) is 45.3 cm³/mol. The van der Waals surface area contributed by atoms with Crippen LogP contribution in [0.1, 0.15) is 5.56 Å². The zero-order chi connectivity index (χ0) is 8.97. The third-order valence-corrected chi connectivity index (χ3v) is 1.48. The van der Waals surface area contributed by atoms with Crippen LogP contribution in [0.2, 0.25) is 5.15 Å². The summed E-state index contributed by atoms with van der Waals surface area (Å²) in [6.07, 6.45) is 3.64. The van der Waals surface area contributed by atoms with Crippen LogP contribution in [0.5, 0.6) is 0 Å². The van der Waals surface area contributed by atoms with Crippen molar-refractivity contribution in [3.63, 3.8) is 0 Å². The standard InChI is InChI=1S/C7H5ClN2O2/c8-7-6(2-1-4-9-7)3-5-10(11)12/h1-5H/b5-3+. The molecule has 0 atom stereocenters. The molecule has 62 valence electrons. The molecule has 0 radical (unpaired) electrons. The Morgan fingerprint density at radius 2 is 2.42 bits per heavy atom. The van der Waals surface area contributed by atoms with Gasteiger partial charge >= 0.3 is 0 Å². The fourth-order valence-electron chi connectivity index (χ4n) is 0.664. The van der Waals surface area contributed by atoms with E-state index in [1.807, 2.05) is 0 Å². The molecular weight excluding hydrogens is 180 g/mol. The van der Waals surface area contributed by atoms with Gasteiger partial charge in [0, 0.05) is 17.8 Å². The van der Waals surface area contributed by atoms with E-state index in [2.05, 4.69) is 4.98 Å². The molecule has 12 heavy (non-hydrogen) atoms. The number of hydrogen-bond acceptors (Lipinski definition) is 3. The van der Waals surface area contributed by atoms with E-state index < -0.39 is 4.92 Å². The van der Waals surface area contributed by atoms with Crippen LogP contribution in [0.4, 0.5) is 0 Å². The van der Waals surface area contributed by atoms with Gasteiger partial charge in [-0.1, -0.05) is 17.7 Å². The third-order valence-electron chi connectivity index (χ3n) is 1.16. The highest BCUT2D eigenvalue weighted by Crippen LogP contribution is 2.12. The Balaban J connectivity index is 2.89. The van der Waals surface area contributed by atoms with Gasteiger partial charge in [0.2, 0.25) is 6.20 Å². The minimum Gasteiger partial charge on any atom is -0.259 e. The van der Waals surface area contributed by atoms with Crippen molar-refractivity contribution in [2.75, 3.05) is 0 Å². The van der Waals surface area contributed by atoms with Gasteiger partial charge < -0.3 is 0 Å². The maximum Gasteiger partial charge on any atom is 0.235 e. The lowest BCUT2D eigenvalue weighted by Crippen LogP contribution is -1.84. The monoisotopic (exact) mass is 184 g/mol. The largest absolute Gasteiger partial charge is 0.259 e. The minimum atomic E-state index is -0.552. The van der Waals surface area contributed by atoms with Gasteiger partial charge in [-0.15, -0.1) is 0 Å². The van der Waals surface area contributed by atoms with Crippen molar-refractivity contribution in [3.05, 3.63) is 45.4 Å². The molecule has 0 spiro atoms. The number of nitro groups is 1. The molecule has 1 heterocycles. The first-order valence-corrected chi connectivity index (χ1v) is 3.50. The van der Waals surface area contributed by atoms with Crippen molar-refractivity contribution in [2.45, 2.75) is 0 Å². The summed E-state index contributed by atoms with van der Waals surface area (Å²) < 4.78 is 0. The van der Waals surface area contributed by atoms with Crippen molar-refractivity contribution >= 4 is 17.7 Å². The number of aromatic nitrogens is 1. The van der Waals surface area contributed by atoms with Crippen LogP contribution in [0.25, 0.3) is 6.08 Å². The second-order valence-corrected chi connectivity index (χ2v) is 2.34. The summed E-state index contributed by atoms with van der Waals surface area (Å²) in [5.74, 6) is 0. The van der Waals surface area contributed by atoms with E-state index in [1.165, 1.54) is 12.3 Å². The van der Waals surface area contributed by atoms with Crippen LogP contribution in [-0.2, 0) is 0 Å². The lowest BCUT2D eigenvalue weighted by molar-refractivity contribution is -0.400. The molecule has 0 aromatic carbocycles. The topological polar surface area (TPSA) is 56.0 Å². The average molecular weight is 185 g/mol. The zero-order valence-corrected chi connectivity index (χ0v) is 6.73. The lowest BCUT2D eigenvalue weighted by atomic mass is 10.3. The third kappa shape index (κ3) is 2.32. The lowest BCUT2D eigenvalue weighted by Gasteiger charge is -1.92. The summed E-state index contributed by atoms with van der Waals surface area (Å²) in [6.45, 7) is 0. The first-order chi connectivity index (χ1) is 5.70. The van der Waals surface area contributed by atoms with Crippen LogP contribution in [-0.4, -0.2) is 9.91 Å². The Bertz CT molecular complexity index is 325. The Hall–Kier alpha value is -1.42. The molecule has 0 unspecified atom stereocenters. The summed E-state index contributed by atoms with van der Waals surface area (Å²) in [5, 5.41) is 10.2. The second-order valence-electron chi connectivity index (χ2n) is 1.98. The molecule has 0 bridgehead atoms. The number of hydrogen-bond donors (Lipinski definition) is 0. The quantitative estimate of drug-likeness (QED) is 0.401. The van der Waals surface area contributed by atoms with E-state index in [-0.39, 0.29) is 5.15 Å². The summed E-state index contributed by atoms with van der Waals surface area (Å²) in [4.78, 5) is 13.1. The van der Waals surface area contributed by atoms with E-state index in [1.54, 1.807) is 12.1 Å². The van der Waals surface area contributed by atoms with Crippen molar-refractivity contribution < 1.29 is 4.92 Å². The van der Waals surface area contributed by atoms with Gasteiger partial charge in [-0.3, -0.25) is 10.1 Å². The van der Waals surface area contributed by atoms with Crippen LogP contribution in [0.3, 0.4) is 0 Å². The molecule has 0 aliphatic heterocycles. The molecule has 5 heteroatoms. The fraction of sp³-hybridized carbons (Fsp3) is 0. The fourth-order valence-corrected chi connectivity index (χ4v) is 0.846. The Morgan fingerprint density at radius 3 is 3.00 bits per heavy atom. The molecular formula is C7H5ClN2O2. The normalized spacial score (nSPS) is 10.4. The second kappa shape index (κ2) is 3.82. The summed E-state index contributed by atoms with van der Waals surface area (Å²) >= 11 is 5.62. The van der Waals surface area contributed by atoms with Gasteiger partial charge in [-0.05, 0) is 6.07 Å². The molecule has 0 aliphatic carbocycles. The van der Waals surface area contributed by atoms with E-state index >= 15 is 0 Å². The highest BCUT2D eigenvalue weighted by Gasteiger charge is 1.96. The molecule has 4 nitrogen and oxygen atoms in total. The number of nitrogens with zero attached hydrogens (tertiary/aromatic N) is 2. The van der Waals surface area contributed by atoms with Gasteiger partial charge in [0.15, 0.2) is 0 Å². The molecule has 1 aromatic rings. The summed E-state index contributed by atoms with van der Waals surface area (Å²) in [7, 11) is 0. The SMILES string of the molecule is O=[N+]([O-])/C=C/c1cccnc1Cl. The number of rotatable bonds is 2. The van der Waals surface area contributed by atoms with E-state index in [9.17, 15) is 10.1 Å². The average Bonchev–Trinajstić information content (AvgIpc) is 2.03. The predicted octanol–water partition coefficient (Wildman–Crippen LogP) is 1.98. The number of halogens is 1. The van der Waals surface area contributed by atoms with E-state index in [4.69, 9.17) is 11.6 Å². The van der Waals surface area contributed by atoms with Gasteiger partial charge in [0.25, 0.3) is 0 Å². The summed E-state index contributed by atoms with van der Waals surface area (Å²) in [5.41, 5.74) is 0.538.